The number of fused-ring (bicyclic) bond motifs is 1. The standard InChI is InChI=1S/C17H23N3O/c1-5-20(6-2)17(21)12-19(4)16-9-10-18-15-8-7-13(3)11-14(15)16/h7-11H,5-6,12H2,1-4H3. The molecule has 1 amide bonds. The van der Waals surface area contributed by atoms with Crippen LogP contribution in [-0.2, 0) is 4.79 Å². The van der Waals surface area contributed by atoms with Gasteiger partial charge in [-0.25, -0.2) is 0 Å². The minimum atomic E-state index is 0.153. The summed E-state index contributed by atoms with van der Waals surface area (Å²) in [4.78, 5) is 20.5. The molecule has 0 aliphatic rings. The van der Waals surface area contributed by atoms with Gasteiger partial charge >= 0.3 is 0 Å². The monoisotopic (exact) mass is 285 g/mol. The maximum absolute atomic E-state index is 12.3. The normalized spacial score (nSPS) is 10.7. The summed E-state index contributed by atoms with van der Waals surface area (Å²) in [6, 6.07) is 8.17. The van der Waals surface area contributed by atoms with Crippen LogP contribution in [0.15, 0.2) is 30.5 Å². The first-order valence-electron chi connectivity index (χ1n) is 7.41. The summed E-state index contributed by atoms with van der Waals surface area (Å²) in [5.74, 6) is 0.153. The van der Waals surface area contributed by atoms with Crippen LogP contribution in [0.1, 0.15) is 19.4 Å². The van der Waals surface area contributed by atoms with Crippen molar-refractivity contribution < 1.29 is 4.79 Å². The average molecular weight is 285 g/mol. The van der Waals surface area contributed by atoms with Gasteiger partial charge in [0.2, 0.25) is 5.91 Å². The third-order valence-electron chi connectivity index (χ3n) is 3.77. The van der Waals surface area contributed by atoms with Crippen molar-refractivity contribution in [2.75, 3.05) is 31.6 Å². The van der Waals surface area contributed by atoms with E-state index >= 15 is 0 Å². The van der Waals surface area contributed by atoms with Gasteiger partial charge in [0.05, 0.1) is 12.1 Å². The number of anilines is 1. The second-order valence-corrected chi connectivity index (χ2v) is 5.27. The molecular formula is C17H23N3O. The van der Waals surface area contributed by atoms with E-state index < -0.39 is 0 Å². The molecule has 4 nitrogen and oxygen atoms in total. The smallest absolute Gasteiger partial charge is 0.242 e. The van der Waals surface area contributed by atoms with Crippen LogP contribution in [0.25, 0.3) is 10.9 Å². The fraction of sp³-hybridized carbons (Fsp3) is 0.412. The molecule has 0 aliphatic heterocycles. The molecule has 0 radical (unpaired) electrons. The topological polar surface area (TPSA) is 36.4 Å². The molecule has 21 heavy (non-hydrogen) atoms. The molecule has 0 aliphatic carbocycles. The number of hydrogen-bond donors (Lipinski definition) is 0. The van der Waals surface area contributed by atoms with Gasteiger partial charge in [-0.3, -0.25) is 9.78 Å². The summed E-state index contributed by atoms with van der Waals surface area (Å²) in [6.45, 7) is 7.96. The van der Waals surface area contributed by atoms with Crippen molar-refractivity contribution in [1.82, 2.24) is 9.88 Å². The quantitative estimate of drug-likeness (QED) is 0.847. The minimum Gasteiger partial charge on any atom is -0.365 e. The Hall–Kier alpha value is -2.10. The molecule has 0 atom stereocenters. The molecule has 1 aromatic heterocycles. The average Bonchev–Trinajstić information content (AvgIpc) is 2.47. The van der Waals surface area contributed by atoms with E-state index in [0.29, 0.717) is 6.54 Å². The summed E-state index contributed by atoms with van der Waals surface area (Å²) in [5.41, 5.74) is 3.20. The van der Waals surface area contributed by atoms with Crippen LogP contribution < -0.4 is 4.90 Å². The van der Waals surface area contributed by atoms with E-state index in [1.165, 1.54) is 5.56 Å². The highest BCUT2D eigenvalue weighted by Crippen LogP contribution is 2.25. The van der Waals surface area contributed by atoms with E-state index in [1.54, 1.807) is 6.20 Å². The molecule has 0 saturated heterocycles. The van der Waals surface area contributed by atoms with Crippen molar-refractivity contribution >= 4 is 22.5 Å². The number of aryl methyl sites for hydroxylation is 1. The minimum absolute atomic E-state index is 0.153. The molecule has 112 valence electrons. The van der Waals surface area contributed by atoms with E-state index in [-0.39, 0.29) is 5.91 Å². The number of aromatic nitrogens is 1. The van der Waals surface area contributed by atoms with Gasteiger partial charge in [-0.1, -0.05) is 11.6 Å². The lowest BCUT2D eigenvalue weighted by atomic mass is 10.1. The van der Waals surface area contributed by atoms with E-state index in [0.717, 1.165) is 29.7 Å². The van der Waals surface area contributed by atoms with Crippen LogP contribution in [0.2, 0.25) is 0 Å². The molecule has 0 bridgehead atoms. The van der Waals surface area contributed by atoms with Gasteiger partial charge in [0.15, 0.2) is 0 Å². The lowest BCUT2D eigenvalue weighted by molar-refractivity contribution is -0.129. The van der Waals surface area contributed by atoms with Gasteiger partial charge in [-0.2, -0.15) is 0 Å². The van der Waals surface area contributed by atoms with Crippen molar-refractivity contribution in [2.45, 2.75) is 20.8 Å². The lowest BCUT2D eigenvalue weighted by Crippen LogP contribution is -2.38. The zero-order valence-electron chi connectivity index (χ0n) is 13.3. The van der Waals surface area contributed by atoms with Crippen molar-refractivity contribution in [3.05, 3.63) is 36.0 Å². The summed E-state index contributed by atoms with van der Waals surface area (Å²) in [6.07, 6.45) is 1.80. The second-order valence-electron chi connectivity index (χ2n) is 5.27. The fourth-order valence-electron chi connectivity index (χ4n) is 2.54. The van der Waals surface area contributed by atoms with E-state index in [9.17, 15) is 4.79 Å². The first kappa shape index (κ1) is 15.3. The lowest BCUT2D eigenvalue weighted by Gasteiger charge is -2.25. The molecule has 1 heterocycles. The molecule has 0 saturated carbocycles. The van der Waals surface area contributed by atoms with Crippen molar-refractivity contribution in [1.29, 1.82) is 0 Å². The first-order chi connectivity index (χ1) is 10.1. The van der Waals surface area contributed by atoms with E-state index in [4.69, 9.17) is 0 Å². The number of carbonyl (C=O) groups excluding carboxylic acids is 1. The predicted octanol–water partition coefficient (Wildman–Crippen LogP) is 2.85. The molecular weight excluding hydrogens is 262 g/mol. The van der Waals surface area contributed by atoms with Crippen molar-refractivity contribution in [3.8, 4) is 0 Å². The number of amides is 1. The molecule has 2 rings (SSSR count). The van der Waals surface area contributed by atoms with Gasteiger partial charge in [0.25, 0.3) is 0 Å². The molecule has 0 N–H and O–H groups in total. The molecule has 1 aromatic carbocycles. The van der Waals surface area contributed by atoms with Crippen molar-refractivity contribution in [3.63, 3.8) is 0 Å². The number of hydrogen-bond acceptors (Lipinski definition) is 3. The van der Waals surface area contributed by atoms with Crippen LogP contribution in [-0.4, -0.2) is 42.5 Å². The maximum atomic E-state index is 12.3. The molecule has 0 fully saturated rings. The van der Waals surface area contributed by atoms with Crippen LogP contribution in [0, 0.1) is 6.92 Å². The fourth-order valence-corrected chi connectivity index (χ4v) is 2.54. The molecule has 4 heteroatoms. The maximum Gasteiger partial charge on any atom is 0.242 e. The molecule has 2 aromatic rings. The number of pyridine rings is 1. The van der Waals surface area contributed by atoms with Gasteiger partial charge in [0, 0.05) is 37.4 Å². The Morgan fingerprint density at radius 1 is 1.19 bits per heavy atom. The molecule has 0 spiro atoms. The highest BCUT2D eigenvalue weighted by Gasteiger charge is 2.14. The van der Waals surface area contributed by atoms with E-state index in [2.05, 4.69) is 24.0 Å². The second kappa shape index (κ2) is 6.57. The van der Waals surface area contributed by atoms with Crippen LogP contribution >= 0.6 is 0 Å². The Labute approximate surface area is 126 Å². The summed E-state index contributed by atoms with van der Waals surface area (Å²) in [7, 11) is 1.96. The Kier molecular flexibility index (Phi) is 4.78. The van der Waals surface area contributed by atoms with E-state index in [1.807, 2.05) is 42.8 Å². The van der Waals surface area contributed by atoms with Crippen molar-refractivity contribution in [2.24, 2.45) is 0 Å². The zero-order valence-corrected chi connectivity index (χ0v) is 13.3. The Morgan fingerprint density at radius 2 is 1.90 bits per heavy atom. The zero-order chi connectivity index (χ0) is 15.4. The van der Waals surface area contributed by atoms with Crippen LogP contribution in [0.5, 0.6) is 0 Å². The number of rotatable bonds is 5. The first-order valence-corrected chi connectivity index (χ1v) is 7.41. The van der Waals surface area contributed by atoms with Gasteiger partial charge in [0.1, 0.15) is 0 Å². The Bertz CT molecular complexity index is 635. The third-order valence-corrected chi connectivity index (χ3v) is 3.77. The van der Waals surface area contributed by atoms with Gasteiger partial charge in [-0.05, 0) is 39.0 Å². The number of likely N-dealkylation sites (N-methyl/N-ethyl adjacent to an activating group) is 2. The van der Waals surface area contributed by atoms with Crippen LogP contribution in [0.3, 0.4) is 0 Å². The third kappa shape index (κ3) is 3.32. The van der Waals surface area contributed by atoms with Gasteiger partial charge in [-0.15, -0.1) is 0 Å². The number of nitrogens with zero attached hydrogens (tertiary/aromatic N) is 3. The highest BCUT2D eigenvalue weighted by molar-refractivity contribution is 5.93. The Balaban J connectivity index is 2.29. The number of carbonyl (C=O) groups is 1. The largest absolute Gasteiger partial charge is 0.365 e. The summed E-state index contributed by atoms with van der Waals surface area (Å²) in [5, 5.41) is 1.09. The Morgan fingerprint density at radius 3 is 2.57 bits per heavy atom. The molecule has 0 unspecified atom stereocenters. The SMILES string of the molecule is CCN(CC)C(=O)CN(C)c1ccnc2ccc(C)cc12. The summed E-state index contributed by atoms with van der Waals surface area (Å²) >= 11 is 0. The van der Waals surface area contributed by atoms with Gasteiger partial charge < -0.3 is 9.80 Å². The highest BCUT2D eigenvalue weighted by atomic mass is 16.2. The summed E-state index contributed by atoms with van der Waals surface area (Å²) < 4.78 is 0. The van der Waals surface area contributed by atoms with Crippen LogP contribution in [0.4, 0.5) is 5.69 Å². The number of benzene rings is 1. The predicted molar refractivity (Wildman–Crippen MR) is 87.7 cm³/mol.